The highest BCUT2D eigenvalue weighted by atomic mass is 19.4. The molecule has 0 aliphatic carbocycles. The van der Waals surface area contributed by atoms with Crippen LogP contribution in [0, 0.1) is 0 Å². The van der Waals surface area contributed by atoms with Gasteiger partial charge in [0.05, 0.1) is 6.20 Å². The van der Waals surface area contributed by atoms with E-state index in [0.717, 1.165) is 0 Å². The second-order valence-corrected chi connectivity index (χ2v) is 3.35. The van der Waals surface area contributed by atoms with Crippen molar-refractivity contribution in [1.29, 1.82) is 0 Å². The molecule has 1 aromatic heterocycles. The van der Waals surface area contributed by atoms with Gasteiger partial charge in [-0.25, -0.2) is 4.98 Å². The summed E-state index contributed by atoms with van der Waals surface area (Å²) in [6, 6.07) is 5.15. The number of rotatable bonds is 3. The van der Waals surface area contributed by atoms with E-state index in [1.165, 1.54) is 30.5 Å². The molecule has 0 aliphatic rings. The van der Waals surface area contributed by atoms with Crippen LogP contribution in [0.3, 0.4) is 0 Å². The smallest absolute Gasteiger partial charge is 0.438 e. The van der Waals surface area contributed by atoms with E-state index in [2.05, 4.69) is 9.72 Å². The highest BCUT2D eigenvalue weighted by molar-refractivity contribution is 5.57. The molecule has 0 spiro atoms. The van der Waals surface area contributed by atoms with Gasteiger partial charge in [0.2, 0.25) is 5.89 Å². The molecule has 0 unspecified atom stereocenters. The number of nitrogens with zero attached hydrogens (tertiary/aromatic N) is 1. The van der Waals surface area contributed by atoms with E-state index in [0.29, 0.717) is 11.3 Å². The summed E-state index contributed by atoms with van der Waals surface area (Å²) in [5, 5.41) is 8.77. The zero-order chi connectivity index (χ0) is 13.2. The number of halogens is 3. The van der Waals surface area contributed by atoms with Crippen molar-refractivity contribution in [3.05, 3.63) is 36.4 Å². The zero-order valence-electron chi connectivity index (χ0n) is 8.94. The molecule has 1 N–H and O–H groups in total. The lowest BCUT2D eigenvalue weighted by atomic mass is 10.2. The lowest BCUT2D eigenvalue weighted by Gasteiger charge is -2.08. The van der Waals surface area contributed by atoms with Crippen LogP contribution >= 0.6 is 0 Å². The van der Waals surface area contributed by atoms with E-state index in [1.54, 1.807) is 0 Å². The molecule has 4 nitrogen and oxygen atoms in total. The van der Waals surface area contributed by atoms with Gasteiger partial charge in [-0.15, -0.1) is 13.2 Å². The molecule has 0 aliphatic heterocycles. The van der Waals surface area contributed by atoms with Crippen LogP contribution in [0.5, 0.6) is 5.75 Å². The van der Waals surface area contributed by atoms with E-state index in [-0.39, 0.29) is 18.2 Å². The standard InChI is InChI=1S/C11H8F3NO3/c12-11(13,14)18-8-3-1-7(2-4-8)9-5-15-10(6-16)17-9/h1-5,16H,6H2. The maximum atomic E-state index is 11.9. The number of aliphatic hydroxyl groups is 1. The molecule has 1 heterocycles. The molecule has 7 heteroatoms. The van der Waals surface area contributed by atoms with Crippen LogP contribution in [-0.2, 0) is 6.61 Å². The highest BCUT2D eigenvalue weighted by Crippen LogP contribution is 2.26. The van der Waals surface area contributed by atoms with Crippen LogP contribution in [0.4, 0.5) is 13.2 Å². The van der Waals surface area contributed by atoms with Crippen LogP contribution in [-0.4, -0.2) is 16.5 Å². The van der Waals surface area contributed by atoms with Crippen molar-refractivity contribution in [2.24, 2.45) is 0 Å². The van der Waals surface area contributed by atoms with Crippen LogP contribution < -0.4 is 4.74 Å². The predicted octanol–water partition coefficient (Wildman–Crippen LogP) is 2.73. The Morgan fingerprint density at radius 3 is 2.39 bits per heavy atom. The quantitative estimate of drug-likeness (QED) is 0.920. The Morgan fingerprint density at radius 2 is 1.89 bits per heavy atom. The average Bonchev–Trinajstić information content (AvgIpc) is 2.76. The van der Waals surface area contributed by atoms with Crippen molar-refractivity contribution in [3.8, 4) is 17.1 Å². The van der Waals surface area contributed by atoms with Gasteiger partial charge in [-0.05, 0) is 24.3 Å². The van der Waals surface area contributed by atoms with Crippen LogP contribution in [0.25, 0.3) is 11.3 Å². The summed E-state index contributed by atoms with van der Waals surface area (Å²) in [7, 11) is 0. The molecule has 0 amide bonds. The summed E-state index contributed by atoms with van der Waals surface area (Å²) in [6.07, 6.45) is -3.33. The van der Waals surface area contributed by atoms with E-state index in [1.807, 2.05) is 0 Å². The lowest BCUT2D eigenvalue weighted by Crippen LogP contribution is -2.16. The molecular formula is C11H8F3NO3. The number of aliphatic hydroxyl groups excluding tert-OH is 1. The molecule has 2 aromatic rings. The average molecular weight is 259 g/mol. The maximum absolute atomic E-state index is 11.9. The first-order chi connectivity index (χ1) is 8.48. The fourth-order valence-corrected chi connectivity index (χ4v) is 1.34. The first-order valence-corrected chi connectivity index (χ1v) is 4.90. The Balaban J connectivity index is 2.17. The fraction of sp³-hybridized carbons (Fsp3) is 0.182. The minimum atomic E-state index is -4.71. The fourth-order valence-electron chi connectivity index (χ4n) is 1.34. The SMILES string of the molecule is OCc1ncc(-c2ccc(OC(F)(F)F)cc2)o1. The second kappa shape index (κ2) is 4.69. The summed E-state index contributed by atoms with van der Waals surface area (Å²) in [5.74, 6) is 0.186. The maximum Gasteiger partial charge on any atom is 0.573 e. The normalized spacial score (nSPS) is 11.6. The van der Waals surface area contributed by atoms with Gasteiger partial charge in [0, 0.05) is 5.56 Å². The third kappa shape index (κ3) is 3.01. The number of benzene rings is 1. The zero-order valence-corrected chi connectivity index (χ0v) is 8.94. The number of aromatic nitrogens is 1. The van der Waals surface area contributed by atoms with Gasteiger partial charge in [0.1, 0.15) is 12.4 Å². The van der Waals surface area contributed by atoms with Gasteiger partial charge in [-0.2, -0.15) is 0 Å². The van der Waals surface area contributed by atoms with Crippen molar-refractivity contribution >= 4 is 0 Å². The van der Waals surface area contributed by atoms with Crippen molar-refractivity contribution < 1.29 is 27.4 Å². The Morgan fingerprint density at radius 1 is 1.22 bits per heavy atom. The molecule has 1 aromatic carbocycles. The van der Waals surface area contributed by atoms with Gasteiger partial charge >= 0.3 is 6.36 Å². The summed E-state index contributed by atoms with van der Waals surface area (Å²) in [4.78, 5) is 3.76. The van der Waals surface area contributed by atoms with Crippen molar-refractivity contribution in [3.63, 3.8) is 0 Å². The van der Waals surface area contributed by atoms with Crippen molar-refractivity contribution in [2.75, 3.05) is 0 Å². The number of hydrogen-bond acceptors (Lipinski definition) is 4. The monoisotopic (exact) mass is 259 g/mol. The molecule has 0 radical (unpaired) electrons. The van der Waals surface area contributed by atoms with Crippen LogP contribution in [0.1, 0.15) is 5.89 Å². The third-order valence-electron chi connectivity index (χ3n) is 2.06. The highest BCUT2D eigenvalue weighted by Gasteiger charge is 2.30. The predicted molar refractivity (Wildman–Crippen MR) is 54.5 cm³/mol. The molecular weight excluding hydrogens is 251 g/mol. The molecule has 0 atom stereocenters. The number of oxazole rings is 1. The van der Waals surface area contributed by atoms with Gasteiger partial charge in [0.25, 0.3) is 0 Å². The van der Waals surface area contributed by atoms with Crippen LogP contribution in [0.15, 0.2) is 34.9 Å². The summed E-state index contributed by atoms with van der Waals surface area (Å²) in [6.45, 7) is -0.338. The van der Waals surface area contributed by atoms with Gasteiger partial charge < -0.3 is 14.3 Å². The first kappa shape index (κ1) is 12.4. The number of alkyl halides is 3. The van der Waals surface area contributed by atoms with Gasteiger partial charge in [0.15, 0.2) is 5.76 Å². The third-order valence-corrected chi connectivity index (χ3v) is 2.06. The van der Waals surface area contributed by atoms with E-state index in [9.17, 15) is 13.2 Å². The largest absolute Gasteiger partial charge is 0.573 e. The lowest BCUT2D eigenvalue weighted by molar-refractivity contribution is -0.274. The van der Waals surface area contributed by atoms with E-state index >= 15 is 0 Å². The summed E-state index contributed by atoms with van der Waals surface area (Å²) < 4.78 is 44.7. The van der Waals surface area contributed by atoms with E-state index < -0.39 is 6.36 Å². The first-order valence-electron chi connectivity index (χ1n) is 4.90. The topological polar surface area (TPSA) is 55.5 Å². The molecule has 0 saturated heterocycles. The Labute approximate surface area is 99.6 Å². The molecule has 2 rings (SSSR count). The molecule has 0 saturated carbocycles. The minimum Gasteiger partial charge on any atom is -0.438 e. The molecule has 0 bridgehead atoms. The van der Waals surface area contributed by atoms with E-state index in [4.69, 9.17) is 9.52 Å². The Bertz CT molecular complexity index is 519. The van der Waals surface area contributed by atoms with Gasteiger partial charge in [-0.1, -0.05) is 0 Å². The Kier molecular flexibility index (Phi) is 3.24. The Hall–Kier alpha value is -2.02. The summed E-state index contributed by atoms with van der Waals surface area (Å²) in [5.41, 5.74) is 0.539. The second-order valence-electron chi connectivity index (χ2n) is 3.35. The number of hydrogen-bond donors (Lipinski definition) is 1. The summed E-state index contributed by atoms with van der Waals surface area (Å²) >= 11 is 0. The molecule has 96 valence electrons. The molecule has 18 heavy (non-hydrogen) atoms. The molecule has 0 fully saturated rings. The van der Waals surface area contributed by atoms with Crippen LogP contribution in [0.2, 0.25) is 0 Å². The van der Waals surface area contributed by atoms with Gasteiger partial charge in [-0.3, -0.25) is 0 Å². The van der Waals surface area contributed by atoms with Crippen molar-refractivity contribution in [1.82, 2.24) is 4.98 Å². The number of ether oxygens (including phenoxy) is 1. The minimum absolute atomic E-state index is 0.139. The van der Waals surface area contributed by atoms with Crippen molar-refractivity contribution in [2.45, 2.75) is 13.0 Å².